The number of hydrogen-bond donors (Lipinski definition) is 1. The van der Waals surface area contributed by atoms with E-state index in [9.17, 15) is 0 Å². The quantitative estimate of drug-likeness (QED) is 0.0430. The third kappa shape index (κ3) is 13.6. The molecule has 0 fully saturated rings. The predicted molar refractivity (Wildman–Crippen MR) is 229 cm³/mol. The van der Waals surface area contributed by atoms with Gasteiger partial charge in [-0.25, -0.2) is 0 Å². The van der Waals surface area contributed by atoms with E-state index in [1.54, 1.807) is 0 Å². The minimum absolute atomic E-state index is 0.204. The molecule has 0 saturated heterocycles. The first-order valence-electron chi connectivity index (χ1n) is 21.1. The van der Waals surface area contributed by atoms with Crippen LogP contribution in [0.15, 0.2) is 152 Å². The van der Waals surface area contributed by atoms with Gasteiger partial charge in [-0.1, -0.05) is 236 Å². The maximum atomic E-state index is 7.30. The van der Waals surface area contributed by atoms with E-state index in [4.69, 9.17) is 19.9 Å². The third-order valence-electron chi connectivity index (χ3n) is 10.8. The molecule has 5 aromatic rings. The van der Waals surface area contributed by atoms with Crippen molar-refractivity contribution in [2.45, 2.75) is 127 Å². The molecule has 5 rings (SSSR count). The van der Waals surface area contributed by atoms with E-state index in [1.165, 1.54) is 70.6 Å². The van der Waals surface area contributed by atoms with E-state index < -0.39 is 17.7 Å². The Morgan fingerprint density at radius 2 is 0.818 bits per heavy atom. The molecule has 0 amide bonds. The summed E-state index contributed by atoms with van der Waals surface area (Å²) in [5.41, 5.74) is 11.8. The average molecular weight is 740 g/mol. The van der Waals surface area contributed by atoms with Crippen molar-refractivity contribution in [2.24, 2.45) is 5.73 Å². The summed E-state index contributed by atoms with van der Waals surface area (Å²) >= 11 is 0. The van der Waals surface area contributed by atoms with Gasteiger partial charge < -0.3 is 19.9 Å². The monoisotopic (exact) mass is 739 g/mol. The van der Waals surface area contributed by atoms with E-state index in [0.29, 0.717) is 13.2 Å². The zero-order valence-electron chi connectivity index (χ0n) is 33.3. The number of hydrogen-bond acceptors (Lipinski definition) is 4. The molecular weight excluding hydrogens is 675 g/mol. The molecule has 2 N–H and O–H groups in total. The van der Waals surface area contributed by atoms with Gasteiger partial charge in [0.25, 0.3) is 0 Å². The molecule has 4 nitrogen and oxygen atoms in total. The molecule has 0 aromatic heterocycles. The fraction of sp³-hybridized carbons (Fsp3) is 0.412. The second-order valence-electron chi connectivity index (χ2n) is 15.0. The lowest BCUT2D eigenvalue weighted by atomic mass is 9.80. The molecule has 3 atom stereocenters. The van der Waals surface area contributed by atoms with Crippen molar-refractivity contribution in [3.8, 4) is 0 Å². The fourth-order valence-corrected chi connectivity index (χ4v) is 7.66. The standard InChI is InChI=1S/C51H65NO3/c1-2-3-4-5-6-7-8-9-10-11-12-28-39-49(53-40-43-29-18-13-19-30-43)50(54-41-44-31-20-14-21-32-44)48(52)42-55-51(45-33-22-15-23-34-45,46-35-24-16-25-36-46)47-37-26-17-27-38-47/h13-27,29-38,48-50H,2-12,28,39-42,52H2,1H3/t48-,49+,50-/m0/s1. The van der Waals surface area contributed by atoms with Gasteiger partial charge in [0.2, 0.25) is 0 Å². The van der Waals surface area contributed by atoms with Crippen LogP contribution in [0.5, 0.6) is 0 Å². The van der Waals surface area contributed by atoms with E-state index in [0.717, 1.165) is 40.7 Å². The van der Waals surface area contributed by atoms with E-state index >= 15 is 0 Å². The SMILES string of the molecule is CCCCCCCCCCCCCC[C@@H](OCc1ccccc1)[C@@H](OCc1ccccc1)[C@@H](N)COC(c1ccccc1)(c1ccccc1)c1ccccc1. The maximum Gasteiger partial charge on any atom is 0.143 e. The van der Waals surface area contributed by atoms with Crippen molar-refractivity contribution in [2.75, 3.05) is 6.61 Å². The summed E-state index contributed by atoms with van der Waals surface area (Å²) in [5, 5.41) is 0. The van der Waals surface area contributed by atoms with Crippen LogP contribution >= 0.6 is 0 Å². The van der Waals surface area contributed by atoms with Crippen LogP contribution in [0.1, 0.15) is 118 Å². The second-order valence-corrected chi connectivity index (χ2v) is 15.0. The number of benzene rings is 5. The molecule has 0 aliphatic rings. The largest absolute Gasteiger partial charge is 0.371 e. The van der Waals surface area contributed by atoms with Gasteiger partial charge in [-0.3, -0.25) is 0 Å². The van der Waals surface area contributed by atoms with Gasteiger partial charge in [0.1, 0.15) is 11.7 Å². The lowest BCUT2D eigenvalue weighted by Gasteiger charge is -2.38. The van der Waals surface area contributed by atoms with Crippen LogP contribution in [0.4, 0.5) is 0 Å². The maximum absolute atomic E-state index is 7.30. The summed E-state index contributed by atoms with van der Waals surface area (Å²) in [6.07, 6.45) is 16.0. The summed E-state index contributed by atoms with van der Waals surface area (Å²) in [5.74, 6) is 0. The molecule has 0 bridgehead atoms. The van der Waals surface area contributed by atoms with E-state index in [1.807, 2.05) is 30.3 Å². The van der Waals surface area contributed by atoms with Crippen molar-refractivity contribution in [3.05, 3.63) is 179 Å². The lowest BCUT2D eigenvalue weighted by molar-refractivity contribution is -0.114. The first-order chi connectivity index (χ1) is 27.2. The van der Waals surface area contributed by atoms with Crippen molar-refractivity contribution < 1.29 is 14.2 Å². The van der Waals surface area contributed by atoms with Gasteiger partial charge in [0, 0.05) is 0 Å². The number of nitrogens with two attached hydrogens (primary N) is 1. The fourth-order valence-electron chi connectivity index (χ4n) is 7.66. The van der Waals surface area contributed by atoms with Crippen molar-refractivity contribution >= 4 is 0 Å². The summed E-state index contributed by atoms with van der Waals surface area (Å²) in [4.78, 5) is 0. The molecule has 4 heteroatoms. The first kappa shape index (κ1) is 42.1. The molecule has 0 unspecified atom stereocenters. The lowest BCUT2D eigenvalue weighted by Crippen LogP contribution is -2.50. The molecule has 0 heterocycles. The highest BCUT2D eigenvalue weighted by molar-refractivity contribution is 5.47. The zero-order chi connectivity index (χ0) is 38.2. The topological polar surface area (TPSA) is 53.7 Å². The Morgan fingerprint density at radius 1 is 0.455 bits per heavy atom. The van der Waals surface area contributed by atoms with Gasteiger partial charge in [0.05, 0.1) is 32.0 Å². The molecular formula is C51H65NO3. The Morgan fingerprint density at radius 3 is 1.24 bits per heavy atom. The van der Waals surface area contributed by atoms with Crippen LogP contribution in [0.2, 0.25) is 0 Å². The smallest absolute Gasteiger partial charge is 0.143 e. The van der Waals surface area contributed by atoms with Crippen molar-refractivity contribution in [1.29, 1.82) is 0 Å². The average Bonchev–Trinajstić information content (AvgIpc) is 3.25. The third-order valence-corrected chi connectivity index (χ3v) is 10.8. The van der Waals surface area contributed by atoms with Gasteiger partial charge >= 0.3 is 0 Å². The Hall–Kier alpha value is -4.06. The molecule has 292 valence electrons. The Kier molecular flexibility index (Phi) is 18.7. The normalized spacial score (nSPS) is 13.3. The van der Waals surface area contributed by atoms with Crippen LogP contribution < -0.4 is 5.73 Å². The molecule has 0 saturated carbocycles. The molecule has 0 radical (unpaired) electrons. The van der Waals surface area contributed by atoms with Gasteiger partial charge in [0.15, 0.2) is 0 Å². The number of ether oxygens (including phenoxy) is 3. The Bertz CT molecular complexity index is 1570. The van der Waals surface area contributed by atoms with Crippen LogP contribution in [-0.2, 0) is 33.0 Å². The molecule has 55 heavy (non-hydrogen) atoms. The van der Waals surface area contributed by atoms with Crippen molar-refractivity contribution in [3.63, 3.8) is 0 Å². The summed E-state index contributed by atoms with van der Waals surface area (Å²) in [6, 6.07) is 51.8. The summed E-state index contributed by atoms with van der Waals surface area (Å²) in [7, 11) is 0. The van der Waals surface area contributed by atoms with Crippen LogP contribution in [-0.4, -0.2) is 24.9 Å². The zero-order valence-corrected chi connectivity index (χ0v) is 33.3. The molecule has 0 aliphatic carbocycles. The van der Waals surface area contributed by atoms with Crippen LogP contribution in [0.3, 0.4) is 0 Å². The van der Waals surface area contributed by atoms with Gasteiger partial charge in [-0.15, -0.1) is 0 Å². The number of unbranched alkanes of at least 4 members (excludes halogenated alkanes) is 11. The molecule has 0 spiro atoms. The Balaban J connectivity index is 1.34. The number of rotatable bonds is 27. The first-order valence-corrected chi connectivity index (χ1v) is 21.1. The van der Waals surface area contributed by atoms with Crippen molar-refractivity contribution in [1.82, 2.24) is 0 Å². The van der Waals surface area contributed by atoms with E-state index in [-0.39, 0.29) is 12.7 Å². The van der Waals surface area contributed by atoms with Crippen LogP contribution in [0.25, 0.3) is 0 Å². The Labute approximate surface area is 332 Å². The van der Waals surface area contributed by atoms with Gasteiger partial charge in [-0.05, 0) is 34.2 Å². The highest BCUT2D eigenvalue weighted by Crippen LogP contribution is 2.40. The van der Waals surface area contributed by atoms with Gasteiger partial charge in [-0.2, -0.15) is 0 Å². The highest BCUT2D eigenvalue weighted by Gasteiger charge is 2.39. The highest BCUT2D eigenvalue weighted by atomic mass is 16.5. The minimum Gasteiger partial charge on any atom is -0.371 e. The molecule has 0 aliphatic heterocycles. The predicted octanol–water partition coefficient (Wildman–Crippen LogP) is 12.6. The van der Waals surface area contributed by atoms with Crippen LogP contribution in [0, 0.1) is 0 Å². The summed E-state index contributed by atoms with van der Waals surface area (Å²) < 4.78 is 20.9. The minimum atomic E-state index is -0.874. The summed E-state index contributed by atoms with van der Waals surface area (Å²) in [6.45, 7) is 3.50. The molecule has 5 aromatic carbocycles. The van der Waals surface area contributed by atoms with E-state index in [2.05, 4.69) is 128 Å². The second kappa shape index (κ2) is 24.5.